The van der Waals surface area contributed by atoms with Crippen molar-refractivity contribution in [2.75, 3.05) is 7.11 Å². The van der Waals surface area contributed by atoms with Gasteiger partial charge in [0.2, 0.25) is 0 Å². The van der Waals surface area contributed by atoms with Gasteiger partial charge in [0, 0.05) is 7.11 Å². The van der Waals surface area contributed by atoms with Crippen LogP contribution in [-0.2, 0) is 4.74 Å². The molecular formula is C15H26O. The third kappa shape index (κ3) is 2.98. The van der Waals surface area contributed by atoms with E-state index in [-0.39, 0.29) is 6.10 Å². The highest BCUT2D eigenvalue weighted by atomic mass is 16.5. The highest BCUT2D eigenvalue weighted by Gasteiger charge is 2.27. The molecule has 0 spiro atoms. The largest absolute Gasteiger partial charge is 0.377 e. The SMILES string of the molecule is COC(C)C(C)=CC1=C(C)CCCC1(C)C. The number of ether oxygens (including phenoxy) is 1. The maximum Gasteiger partial charge on any atom is 0.0753 e. The molecule has 1 heteroatoms. The van der Waals surface area contributed by atoms with Gasteiger partial charge in [0.15, 0.2) is 0 Å². The lowest BCUT2D eigenvalue weighted by atomic mass is 9.72. The van der Waals surface area contributed by atoms with Crippen molar-refractivity contribution in [3.05, 3.63) is 22.8 Å². The molecule has 0 heterocycles. The van der Waals surface area contributed by atoms with Gasteiger partial charge >= 0.3 is 0 Å². The van der Waals surface area contributed by atoms with Gasteiger partial charge in [-0.1, -0.05) is 25.5 Å². The topological polar surface area (TPSA) is 9.23 Å². The minimum Gasteiger partial charge on any atom is -0.377 e. The molecule has 1 aliphatic carbocycles. The Hall–Kier alpha value is -0.560. The van der Waals surface area contributed by atoms with E-state index in [4.69, 9.17) is 4.74 Å². The molecule has 0 saturated heterocycles. The predicted molar refractivity (Wildman–Crippen MR) is 70.6 cm³/mol. The molecule has 0 aromatic rings. The van der Waals surface area contributed by atoms with Crippen molar-refractivity contribution in [2.45, 2.75) is 60.0 Å². The Morgan fingerprint density at radius 1 is 1.44 bits per heavy atom. The molecule has 0 fully saturated rings. The molecule has 0 bridgehead atoms. The Balaban J connectivity index is 3.01. The fourth-order valence-electron chi connectivity index (χ4n) is 2.49. The van der Waals surface area contributed by atoms with E-state index in [0.29, 0.717) is 5.41 Å². The molecular weight excluding hydrogens is 196 g/mol. The minimum atomic E-state index is 0.220. The molecule has 1 rings (SSSR count). The van der Waals surface area contributed by atoms with Gasteiger partial charge in [-0.15, -0.1) is 0 Å². The van der Waals surface area contributed by atoms with Crippen molar-refractivity contribution >= 4 is 0 Å². The second-order valence-corrected chi connectivity index (χ2v) is 5.70. The summed E-state index contributed by atoms with van der Waals surface area (Å²) in [6.07, 6.45) is 6.45. The minimum absolute atomic E-state index is 0.220. The highest BCUT2D eigenvalue weighted by Crippen LogP contribution is 2.41. The smallest absolute Gasteiger partial charge is 0.0753 e. The van der Waals surface area contributed by atoms with Gasteiger partial charge in [-0.3, -0.25) is 0 Å². The van der Waals surface area contributed by atoms with E-state index in [1.54, 1.807) is 12.7 Å². The fourth-order valence-corrected chi connectivity index (χ4v) is 2.49. The van der Waals surface area contributed by atoms with Gasteiger partial charge in [0.1, 0.15) is 0 Å². The Bertz CT molecular complexity index is 307. The highest BCUT2D eigenvalue weighted by molar-refractivity contribution is 5.35. The van der Waals surface area contributed by atoms with Crippen molar-refractivity contribution in [2.24, 2.45) is 5.41 Å². The molecule has 1 nitrogen and oxygen atoms in total. The van der Waals surface area contributed by atoms with E-state index in [1.165, 1.54) is 30.4 Å². The summed E-state index contributed by atoms with van der Waals surface area (Å²) in [5, 5.41) is 0. The van der Waals surface area contributed by atoms with Crippen molar-refractivity contribution in [3.63, 3.8) is 0 Å². The molecule has 16 heavy (non-hydrogen) atoms. The van der Waals surface area contributed by atoms with Crippen LogP contribution in [0.4, 0.5) is 0 Å². The van der Waals surface area contributed by atoms with E-state index in [9.17, 15) is 0 Å². The number of hydrogen-bond donors (Lipinski definition) is 0. The van der Waals surface area contributed by atoms with Crippen molar-refractivity contribution < 1.29 is 4.74 Å². The molecule has 0 radical (unpaired) electrons. The zero-order chi connectivity index (χ0) is 12.3. The van der Waals surface area contributed by atoms with Gasteiger partial charge in [0.25, 0.3) is 0 Å². The van der Waals surface area contributed by atoms with Crippen LogP contribution in [0.5, 0.6) is 0 Å². The van der Waals surface area contributed by atoms with Crippen LogP contribution >= 0.6 is 0 Å². The van der Waals surface area contributed by atoms with Gasteiger partial charge in [-0.05, 0) is 56.6 Å². The van der Waals surface area contributed by atoms with Gasteiger partial charge in [-0.2, -0.15) is 0 Å². The maximum atomic E-state index is 5.37. The van der Waals surface area contributed by atoms with Gasteiger partial charge in [-0.25, -0.2) is 0 Å². The third-order valence-electron chi connectivity index (χ3n) is 3.91. The van der Waals surface area contributed by atoms with E-state index in [2.05, 4.69) is 40.7 Å². The second kappa shape index (κ2) is 5.18. The van der Waals surface area contributed by atoms with Crippen molar-refractivity contribution in [1.82, 2.24) is 0 Å². The molecule has 0 amide bonds. The maximum absolute atomic E-state index is 5.37. The first-order chi connectivity index (χ1) is 7.38. The van der Waals surface area contributed by atoms with Crippen LogP contribution in [0.2, 0.25) is 0 Å². The van der Waals surface area contributed by atoms with E-state index < -0.39 is 0 Å². The molecule has 92 valence electrons. The third-order valence-corrected chi connectivity index (χ3v) is 3.91. The van der Waals surface area contributed by atoms with Crippen LogP contribution in [0.15, 0.2) is 22.8 Å². The van der Waals surface area contributed by atoms with E-state index >= 15 is 0 Å². The molecule has 1 atom stereocenters. The average Bonchev–Trinajstić information content (AvgIpc) is 2.21. The predicted octanol–water partition coefficient (Wildman–Crippen LogP) is 4.49. The van der Waals surface area contributed by atoms with E-state index in [1.807, 2.05) is 0 Å². The molecule has 1 aliphatic rings. The Kier molecular flexibility index (Phi) is 4.37. The Morgan fingerprint density at radius 2 is 2.06 bits per heavy atom. The number of rotatable bonds is 3. The summed E-state index contributed by atoms with van der Waals surface area (Å²) in [6.45, 7) is 11.3. The van der Waals surface area contributed by atoms with Gasteiger partial charge in [0.05, 0.1) is 6.10 Å². The number of allylic oxidation sites excluding steroid dienone is 3. The summed E-state index contributed by atoms with van der Waals surface area (Å²) in [7, 11) is 1.77. The first-order valence-corrected chi connectivity index (χ1v) is 6.29. The lowest BCUT2D eigenvalue weighted by Crippen LogP contribution is -2.20. The first kappa shape index (κ1) is 13.5. The Morgan fingerprint density at radius 3 is 2.56 bits per heavy atom. The zero-order valence-corrected chi connectivity index (χ0v) is 11.7. The van der Waals surface area contributed by atoms with Crippen LogP contribution < -0.4 is 0 Å². The number of methoxy groups -OCH3 is 1. The molecule has 0 saturated carbocycles. The normalized spacial score (nSPS) is 23.5. The molecule has 1 unspecified atom stereocenters. The molecule has 0 aromatic carbocycles. The standard InChI is InChI=1S/C15H26O/c1-11-8-7-9-15(4,5)14(11)10-12(2)13(3)16-6/h10,13H,7-9H2,1-6H3. The summed E-state index contributed by atoms with van der Waals surface area (Å²) < 4.78 is 5.37. The van der Waals surface area contributed by atoms with E-state index in [0.717, 1.165) is 0 Å². The van der Waals surface area contributed by atoms with Crippen LogP contribution in [0.1, 0.15) is 53.9 Å². The lowest BCUT2D eigenvalue weighted by molar-refractivity contribution is 0.146. The summed E-state index contributed by atoms with van der Waals surface area (Å²) in [5.41, 5.74) is 4.74. The summed E-state index contributed by atoms with van der Waals surface area (Å²) in [5.74, 6) is 0. The fraction of sp³-hybridized carbons (Fsp3) is 0.733. The average molecular weight is 222 g/mol. The van der Waals surface area contributed by atoms with Gasteiger partial charge < -0.3 is 4.74 Å². The monoisotopic (exact) mass is 222 g/mol. The quantitative estimate of drug-likeness (QED) is 0.683. The second-order valence-electron chi connectivity index (χ2n) is 5.70. The van der Waals surface area contributed by atoms with Crippen molar-refractivity contribution in [3.8, 4) is 0 Å². The summed E-state index contributed by atoms with van der Waals surface area (Å²) in [4.78, 5) is 0. The summed E-state index contributed by atoms with van der Waals surface area (Å²) in [6, 6.07) is 0. The molecule has 0 aliphatic heterocycles. The first-order valence-electron chi connectivity index (χ1n) is 6.29. The molecule has 0 N–H and O–H groups in total. The van der Waals surface area contributed by atoms with Crippen LogP contribution in [0, 0.1) is 5.41 Å². The zero-order valence-electron chi connectivity index (χ0n) is 11.7. The number of hydrogen-bond acceptors (Lipinski definition) is 1. The van der Waals surface area contributed by atoms with Crippen molar-refractivity contribution in [1.29, 1.82) is 0 Å². The van der Waals surface area contributed by atoms with Crippen LogP contribution in [-0.4, -0.2) is 13.2 Å². The Labute approximate surface area is 101 Å². The summed E-state index contributed by atoms with van der Waals surface area (Å²) >= 11 is 0. The van der Waals surface area contributed by atoms with Crippen LogP contribution in [0.25, 0.3) is 0 Å². The molecule has 0 aromatic heterocycles. The lowest BCUT2D eigenvalue weighted by Gasteiger charge is -2.33. The van der Waals surface area contributed by atoms with Crippen LogP contribution in [0.3, 0.4) is 0 Å².